The van der Waals surface area contributed by atoms with Gasteiger partial charge in [-0.2, -0.15) is 8.78 Å². The molecule has 2 aromatic carbocycles. The van der Waals surface area contributed by atoms with Crippen LogP contribution >= 0.6 is 15.9 Å². The first kappa shape index (κ1) is 16.1. The topological polar surface area (TPSA) is 66.4 Å². The molecule has 0 atom stereocenters. The molecule has 2 aromatic rings. The van der Waals surface area contributed by atoms with E-state index in [1.165, 1.54) is 24.3 Å². The van der Waals surface area contributed by atoms with Gasteiger partial charge in [0, 0.05) is 10.2 Å². The minimum atomic E-state index is -4.30. The van der Waals surface area contributed by atoms with Gasteiger partial charge >= 0.3 is 11.8 Å². The van der Waals surface area contributed by atoms with E-state index in [0.717, 1.165) is 12.1 Å². The number of hydrogen-bond donors (Lipinski definition) is 2. The Labute approximate surface area is 132 Å². The first-order chi connectivity index (χ1) is 10.3. The number of anilines is 1. The zero-order chi connectivity index (χ0) is 16.3. The number of phenolic OH excluding ortho intramolecular Hbond substituents is 1. The number of phenols is 1. The van der Waals surface area contributed by atoms with Crippen molar-refractivity contribution in [1.29, 1.82) is 0 Å². The van der Waals surface area contributed by atoms with Crippen molar-refractivity contribution in [1.82, 2.24) is 0 Å². The summed E-state index contributed by atoms with van der Waals surface area (Å²) in [5, 5.41) is 11.4. The van der Waals surface area contributed by atoms with E-state index in [-0.39, 0.29) is 5.69 Å². The van der Waals surface area contributed by atoms with Gasteiger partial charge in [-0.1, -0.05) is 28.1 Å². The maximum Gasteiger partial charge on any atom is 0.386 e. The Balaban J connectivity index is 2.22. The van der Waals surface area contributed by atoms with Crippen LogP contribution in [-0.2, 0) is 4.79 Å². The zero-order valence-electron chi connectivity index (χ0n) is 11.0. The first-order valence-electron chi connectivity index (χ1n) is 6.10. The smallest absolute Gasteiger partial charge is 0.386 e. The predicted octanol–water partition coefficient (Wildman–Crippen LogP) is 3.61. The summed E-state index contributed by atoms with van der Waals surface area (Å²) in [5.41, 5.74) is -0.489. The summed E-state index contributed by atoms with van der Waals surface area (Å²) in [7, 11) is 0. The lowest BCUT2D eigenvalue weighted by atomic mass is 10.0. The van der Waals surface area contributed by atoms with E-state index in [2.05, 4.69) is 15.9 Å². The monoisotopic (exact) mass is 369 g/mol. The van der Waals surface area contributed by atoms with Crippen LogP contribution in [0, 0.1) is 0 Å². The van der Waals surface area contributed by atoms with Crippen molar-refractivity contribution in [2.45, 2.75) is 5.92 Å². The summed E-state index contributed by atoms with van der Waals surface area (Å²) < 4.78 is 28.6. The van der Waals surface area contributed by atoms with E-state index in [1.54, 1.807) is 12.1 Å². The van der Waals surface area contributed by atoms with Gasteiger partial charge < -0.3 is 10.4 Å². The second-order valence-electron chi connectivity index (χ2n) is 4.38. The van der Waals surface area contributed by atoms with Crippen LogP contribution < -0.4 is 5.32 Å². The molecule has 0 unspecified atom stereocenters. The number of alkyl halides is 2. The van der Waals surface area contributed by atoms with Crippen LogP contribution in [0.2, 0.25) is 0 Å². The number of nitrogens with one attached hydrogen (secondary N) is 1. The fraction of sp³-hybridized carbons (Fsp3) is 0.0667. The third kappa shape index (κ3) is 3.30. The van der Waals surface area contributed by atoms with Crippen LogP contribution in [0.4, 0.5) is 14.5 Å². The average Bonchev–Trinajstić information content (AvgIpc) is 2.49. The van der Waals surface area contributed by atoms with Gasteiger partial charge in [-0.25, -0.2) is 0 Å². The van der Waals surface area contributed by atoms with Crippen LogP contribution in [0.15, 0.2) is 53.0 Å². The molecule has 22 heavy (non-hydrogen) atoms. The third-order valence-electron chi connectivity index (χ3n) is 2.82. The van der Waals surface area contributed by atoms with Gasteiger partial charge in [-0.3, -0.25) is 9.59 Å². The number of para-hydroxylation sites is 1. The average molecular weight is 370 g/mol. The van der Waals surface area contributed by atoms with Gasteiger partial charge in [-0.15, -0.1) is 0 Å². The van der Waals surface area contributed by atoms with Gasteiger partial charge in [0.2, 0.25) is 5.78 Å². The fourth-order valence-electron chi connectivity index (χ4n) is 1.68. The van der Waals surface area contributed by atoms with Crippen LogP contribution in [0.1, 0.15) is 10.4 Å². The molecule has 4 nitrogen and oxygen atoms in total. The second-order valence-corrected chi connectivity index (χ2v) is 5.30. The molecule has 0 bridgehead atoms. The number of amides is 1. The summed E-state index contributed by atoms with van der Waals surface area (Å²) >= 11 is 3.17. The minimum Gasteiger partial charge on any atom is -0.507 e. The summed E-state index contributed by atoms with van der Waals surface area (Å²) in [5.74, 6) is -8.43. The predicted molar refractivity (Wildman–Crippen MR) is 80.2 cm³/mol. The Morgan fingerprint density at radius 1 is 1.05 bits per heavy atom. The van der Waals surface area contributed by atoms with Crippen molar-refractivity contribution in [2.24, 2.45) is 0 Å². The fourth-order valence-corrected chi connectivity index (χ4v) is 1.95. The summed E-state index contributed by atoms with van der Waals surface area (Å²) in [4.78, 5) is 23.5. The molecule has 0 fully saturated rings. The van der Waals surface area contributed by atoms with Crippen molar-refractivity contribution in [3.63, 3.8) is 0 Å². The van der Waals surface area contributed by atoms with Gasteiger partial charge in [0.1, 0.15) is 5.75 Å². The van der Waals surface area contributed by atoms with E-state index >= 15 is 0 Å². The van der Waals surface area contributed by atoms with Gasteiger partial charge in [-0.05, 0) is 36.4 Å². The summed E-state index contributed by atoms with van der Waals surface area (Å²) in [6.07, 6.45) is 0. The molecule has 0 saturated carbocycles. The van der Waals surface area contributed by atoms with E-state index in [4.69, 9.17) is 0 Å². The molecule has 114 valence electrons. The molecule has 0 saturated heterocycles. The van der Waals surface area contributed by atoms with Crippen LogP contribution in [-0.4, -0.2) is 22.7 Å². The first-order valence-corrected chi connectivity index (χ1v) is 6.89. The highest BCUT2D eigenvalue weighted by Crippen LogP contribution is 2.27. The van der Waals surface area contributed by atoms with E-state index in [9.17, 15) is 23.5 Å². The number of ketones is 1. The molecule has 0 aromatic heterocycles. The Kier molecular flexibility index (Phi) is 4.56. The largest absolute Gasteiger partial charge is 0.507 e. The lowest BCUT2D eigenvalue weighted by Gasteiger charge is -2.15. The van der Waals surface area contributed by atoms with Crippen molar-refractivity contribution in [3.8, 4) is 5.75 Å². The molecule has 0 spiro atoms. The number of Topliss-reactive ketones (excluding diaryl/α,β-unsaturated/α-hetero) is 1. The van der Waals surface area contributed by atoms with Crippen LogP contribution in [0.5, 0.6) is 5.75 Å². The Morgan fingerprint density at radius 3 is 2.23 bits per heavy atom. The molecule has 0 heterocycles. The second kappa shape index (κ2) is 6.23. The minimum absolute atomic E-state index is 0.123. The Morgan fingerprint density at radius 2 is 1.64 bits per heavy atom. The lowest BCUT2D eigenvalue weighted by Crippen LogP contribution is -2.42. The number of benzene rings is 2. The quantitative estimate of drug-likeness (QED) is 0.638. The molecule has 7 heteroatoms. The highest BCUT2D eigenvalue weighted by Gasteiger charge is 2.48. The Bertz CT molecular complexity index is 717. The van der Waals surface area contributed by atoms with Crippen molar-refractivity contribution in [2.75, 3.05) is 5.32 Å². The van der Waals surface area contributed by atoms with Crippen molar-refractivity contribution in [3.05, 3.63) is 58.6 Å². The molecule has 0 aliphatic heterocycles. The molecule has 2 rings (SSSR count). The molecular formula is C15H10BrF2NO3. The molecule has 0 aliphatic rings. The van der Waals surface area contributed by atoms with Crippen LogP contribution in [0.3, 0.4) is 0 Å². The van der Waals surface area contributed by atoms with E-state index < -0.39 is 28.9 Å². The highest BCUT2D eigenvalue weighted by atomic mass is 79.9. The number of carbonyl (C=O) groups is 2. The molecule has 1 amide bonds. The number of halogens is 3. The molecule has 2 N–H and O–H groups in total. The normalized spacial score (nSPS) is 11.0. The van der Waals surface area contributed by atoms with Crippen molar-refractivity contribution < 1.29 is 23.5 Å². The van der Waals surface area contributed by atoms with Crippen LogP contribution in [0.25, 0.3) is 0 Å². The standard InChI is InChI=1S/C15H10BrF2NO3/c16-9-5-7-10(8-6-9)19-14(22)15(17,18)13(21)11-3-1-2-4-12(11)20/h1-8,20H,(H,19,22). The lowest BCUT2D eigenvalue weighted by molar-refractivity contribution is -0.133. The highest BCUT2D eigenvalue weighted by molar-refractivity contribution is 9.10. The maximum atomic E-state index is 14.0. The third-order valence-corrected chi connectivity index (χ3v) is 3.35. The maximum absolute atomic E-state index is 14.0. The number of hydrogen-bond acceptors (Lipinski definition) is 3. The van der Waals surface area contributed by atoms with Gasteiger partial charge in [0.05, 0.1) is 5.56 Å². The van der Waals surface area contributed by atoms with Gasteiger partial charge in [0.15, 0.2) is 0 Å². The Hall–Kier alpha value is -2.28. The molecule has 0 radical (unpaired) electrons. The van der Waals surface area contributed by atoms with E-state index in [1.807, 2.05) is 5.32 Å². The summed E-state index contributed by atoms with van der Waals surface area (Å²) in [6.45, 7) is 0. The number of rotatable bonds is 4. The number of aromatic hydroxyl groups is 1. The van der Waals surface area contributed by atoms with Crippen molar-refractivity contribution >= 4 is 33.3 Å². The van der Waals surface area contributed by atoms with Gasteiger partial charge in [0.25, 0.3) is 0 Å². The molecular weight excluding hydrogens is 360 g/mol. The SMILES string of the molecule is O=C(Nc1ccc(Br)cc1)C(F)(F)C(=O)c1ccccc1O. The number of carbonyl (C=O) groups excluding carboxylic acids is 2. The summed E-state index contributed by atoms with van der Waals surface area (Å²) in [6, 6.07) is 10.7. The van der Waals surface area contributed by atoms with E-state index in [0.29, 0.717) is 4.47 Å². The molecule has 0 aliphatic carbocycles. The zero-order valence-corrected chi connectivity index (χ0v) is 12.6.